The Morgan fingerprint density at radius 2 is 1.67 bits per heavy atom. The Balaban J connectivity index is 2.90. The third-order valence-electron chi connectivity index (χ3n) is 3.27. The molecule has 18 heavy (non-hydrogen) atoms. The monoisotopic (exact) mass is 248 g/mol. The molecule has 1 rings (SSSR count). The Morgan fingerprint density at radius 3 is 2.11 bits per heavy atom. The molecule has 98 valence electrons. The number of Topliss-reactive ketones (excluding diaryl/α,β-unsaturated/α-hetero) is 1. The van der Waals surface area contributed by atoms with Crippen molar-refractivity contribution >= 4 is 11.8 Å². The number of rotatable bonds is 5. The third-order valence-corrected chi connectivity index (χ3v) is 3.27. The SMILES string of the molecule is CCOC(=O)C(=O)c1ccc(C(C)(C)CC)cc1. The lowest BCUT2D eigenvalue weighted by molar-refractivity contribution is -0.137. The highest BCUT2D eigenvalue weighted by molar-refractivity contribution is 6.40. The first-order valence-electron chi connectivity index (χ1n) is 6.24. The molecular formula is C15H20O3. The molecule has 0 spiro atoms. The molecule has 0 amide bonds. The highest BCUT2D eigenvalue weighted by atomic mass is 16.5. The average molecular weight is 248 g/mol. The largest absolute Gasteiger partial charge is 0.460 e. The van der Waals surface area contributed by atoms with Gasteiger partial charge in [0, 0.05) is 5.56 Å². The molecule has 0 radical (unpaired) electrons. The predicted molar refractivity (Wildman–Crippen MR) is 70.7 cm³/mol. The van der Waals surface area contributed by atoms with Gasteiger partial charge >= 0.3 is 5.97 Å². The molecule has 0 aromatic heterocycles. The van der Waals surface area contributed by atoms with Crippen LogP contribution >= 0.6 is 0 Å². The van der Waals surface area contributed by atoms with E-state index in [-0.39, 0.29) is 12.0 Å². The number of esters is 1. The van der Waals surface area contributed by atoms with Crippen LogP contribution in [-0.2, 0) is 14.9 Å². The molecule has 0 aliphatic rings. The summed E-state index contributed by atoms with van der Waals surface area (Å²) >= 11 is 0. The summed E-state index contributed by atoms with van der Waals surface area (Å²) < 4.78 is 4.69. The lowest BCUT2D eigenvalue weighted by Gasteiger charge is -2.23. The molecule has 0 saturated heterocycles. The van der Waals surface area contributed by atoms with Gasteiger partial charge in [-0.2, -0.15) is 0 Å². The number of ketones is 1. The standard InChI is InChI=1S/C15H20O3/c1-5-15(3,4)12-9-7-11(8-10-12)13(16)14(17)18-6-2/h7-10H,5-6H2,1-4H3. The molecule has 0 heterocycles. The summed E-state index contributed by atoms with van der Waals surface area (Å²) in [7, 11) is 0. The van der Waals surface area contributed by atoms with Crippen LogP contribution in [0.5, 0.6) is 0 Å². The molecule has 0 aliphatic heterocycles. The molecule has 1 aromatic carbocycles. The fourth-order valence-corrected chi connectivity index (χ4v) is 1.59. The minimum Gasteiger partial charge on any atom is -0.460 e. The Kier molecular flexibility index (Phi) is 4.65. The summed E-state index contributed by atoms with van der Waals surface area (Å²) in [6.45, 7) is 8.31. The van der Waals surface area contributed by atoms with E-state index in [1.807, 2.05) is 12.1 Å². The highest BCUT2D eigenvalue weighted by Crippen LogP contribution is 2.26. The first-order valence-corrected chi connectivity index (χ1v) is 6.24. The van der Waals surface area contributed by atoms with Gasteiger partial charge in [0.2, 0.25) is 0 Å². The van der Waals surface area contributed by atoms with E-state index in [9.17, 15) is 9.59 Å². The van der Waals surface area contributed by atoms with Crippen molar-refractivity contribution in [1.29, 1.82) is 0 Å². The third kappa shape index (κ3) is 3.19. The summed E-state index contributed by atoms with van der Waals surface area (Å²) in [6, 6.07) is 7.17. The van der Waals surface area contributed by atoms with E-state index in [2.05, 4.69) is 25.5 Å². The highest BCUT2D eigenvalue weighted by Gasteiger charge is 2.20. The van der Waals surface area contributed by atoms with Crippen LogP contribution in [0.15, 0.2) is 24.3 Å². The molecule has 0 fully saturated rings. The minimum absolute atomic E-state index is 0.0749. The Morgan fingerprint density at radius 1 is 1.11 bits per heavy atom. The van der Waals surface area contributed by atoms with Crippen LogP contribution in [0.3, 0.4) is 0 Å². The molecule has 0 unspecified atom stereocenters. The lowest BCUT2D eigenvalue weighted by atomic mass is 9.82. The summed E-state index contributed by atoms with van der Waals surface area (Å²) in [4.78, 5) is 23.0. The van der Waals surface area contributed by atoms with Crippen LogP contribution in [0.2, 0.25) is 0 Å². The zero-order chi connectivity index (χ0) is 13.8. The summed E-state index contributed by atoms with van der Waals surface area (Å²) in [6.07, 6.45) is 1.01. The quantitative estimate of drug-likeness (QED) is 0.457. The number of hydrogen-bond donors (Lipinski definition) is 0. The summed E-state index contributed by atoms with van der Waals surface area (Å²) in [5, 5.41) is 0. The molecule has 3 nitrogen and oxygen atoms in total. The Bertz CT molecular complexity index is 430. The molecular weight excluding hydrogens is 228 g/mol. The van der Waals surface area contributed by atoms with Crippen LogP contribution in [0, 0.1) is 0 Å². The second-order valence-corrected chi connectivity index (χ2v) is 4.86. The Labute approximate surface area is 108 Å². The summed E-state index contributed by atoms with van der Waals surface area (Å²) in [5.74, 6) is -1.38. The molecule has 0 aliphatic carbocycles. The number of benzene rings is 1. The number of ether oxygens (including phenoxy) is 1. The fourth-order valence-electron chi connectivity index (χ4n) is 1.59. The maximum atomic E-state index is 11.7. The van der Waals surface area contributed by atoms with Gasteiger partial charge in [-0.25, -0.2) is 4.79 Å². The summed E-state index contributed by atoms with van der Waals surface area (Å²) in [5.41, 5.74) is 1.61. The first kappa shape index (κ1) is 14.4. The van der Waals surface area contributed by atoms with Crippen molar-refractivity contribution in [3.05, 3.63) is 35.4 Å². The van der Waals surface area contributed by atoms with Crippen molar-refractivity contribution in [1.82, 2.24) is 0 Å². The maximum Gasteiger partial charge on any atom is 0.379 e. The van der Waals surface area contributed by atoms with Gasteiger partial charge < -0.3 is 4.74 Å². The number of carbonyl (C=O) groups excluding carboxylic acids is 2. The second-order valence-electron chi connectivity index (χ2n) is 4.86. The van der Waals surface area contributed by atoms with Crippen LogP contribution in [0.4, 0.5) is 0 Å². The minimum atomic E-state index is -0.792. The van der Waals surface area contributed by atoms with E-state index in [4.69, 9.17) is 0 Å². The van der Waals surface area contributed by atoms with E-state index in [1.54, 1.807) is 19.1 Å². The van der Waals surface area contributed by atoms with Crippen LogP contribution in [0.25, 0.3) is 0 Å². The van der Waals surface area contributed by atoms with Gasteiger partial charge in [0.05, 0.1) is 6.61 Å². The van der Waals surface area contributed by atoms with E-state index in [0.29, 0.717) is 5.56 Å². The van der Waals surface area contributed by atoms with Gasteiger partial charge in [0.25, 0.3) is 5.78 Å². The van der Waals surface area contributed by atoms with Crippen molar-refractivity contribution in [3.8, 4) is 0 Å². The van der Waals surface area contributed by atoms with Crippen molar-refractivity contribution in [3.63, 3.8) is 0 Å². The van der Waals surface area contributed by atoms with Gasteiger partial charge in [0.15, 0.2) is 0 Å². The van der Waals surface area contributed by atoms with Gasteiger partial charge in [-0.1, -0.05) is 45.0 Å². The normalized spacial score (nSPS) is 11.1. The first-order chi connectivity index (χ1) is 8.42. The molecule has 0 saturated carbocycles. The lowest BCUT2D eigenvalue weighted by Crippen LogP contribution is -2.19. The molecule has 1 aromatic rings. The Hall–Kier alpha value is -1.64. The van der Waals surface area contributed by atoms with Gasteiger partial charge in [-0.05, 0) is 24.3 Å². The molecule has 0 N–H and O–H groups in total. The average Bonchev–Trinajstić information content (AvgIpc) is 2.38. The van der Waals surface area contributed by atoms with Crippen molar-refractivity contribution in [2.45, 2.75) is 39.5 Å². The fraction of sp³-hybridized carbons (Fsp3) is 0.467. The van der Waals surface area contributed by atoms with E-state index in [1.165, 1.54) is 0 Å². The zero-order valence-electron chi connectivity index (χ0n) is 11.4. The van der Waals surface area contributed by atoms with Crippen LogP contribution in [0.1, 0.15) is 50.0 Å². The van der Waals surface area contributed by atoms with Crippen molar-refractivity contribution < 1.29 is 14.3 Å². The molecule has 3 heteroatoms. The number of hydrogen-bond acceptors (Lipinski definition) is 3. The van der Waals surface area contributed by atoms with Crippen LogP contribution in [-0.4, -0.2) is 18.4 Å². The molecule has 0 bridgehead atoms. The van der Waals surface area contributed by atoms with Gasteiger partial charge in [-0.3, -0.25) is 4.79 Å². The van der Waals surface area contributed by atoms with Crippen LogP contribution < -0.4 is 0 Å². The predicted octanol–water partition coefficient (Wildman–Crippen LogP) is 3.12. The van der Waals surface area contributed by atoms with E-state index >= 15 is 0 Å². The molecule has 0 atom stereocenters. The number of carbonyl (C=O) groups is 2. The zero-order valence-corrected chi connectivity index (χ0v) is 11.4. The van der Waals surface area contributed by atoms with E-state index < -0.39 is 11.8 Å². The maximum absolute atomic E-state index is 11.7. The van der Waals surface area contributed by atoms with Crippen molar-refractivity contribution in [2.24, 2.45) is 0 Å². The topological polar surface area (TPSA) is 43.4 Å². The smallest absolute Gasteiger partial charge is 0.379 e. The van der Waals surface area contributed by atoms with Gasteiger partial charge in [-0.15, -0.1) is 0 Å². The second kappa shape index (κ2) is 5.80. The van der Waals surface area contributed by atoms with Crippen molar-refractivity contribution in [2.75, 3.05) is 6.61 Å². The van der Waals surface area contributed by atoms with Gasteiger partial charge in [0.1, 0.15) is 0 Å². The van der Waals surface area contributed by atoms with E-state index in [0.717, 1.165) is 12.0 Å².